The van der Waals surface area contributed by atoms with E-state index in [0.29, 0.717) is 0 Å². The van der Waals surface area contributed by atoms with E-state index in [1.165, 1.54) is 21.9 Å². The van der Waals surface area contributed by atoms with Gasteiger partial charge in [0.25, 0.3) is 0 Å². The average molecular weight is 243 g/mol. The summed E-state index contributed by atoms with van der Waals surface area (Å²) >= 11 is 0. The van der Waals surface area contributed by atoms with Gasteiger partial charge in [0.05, 0.1) is 0 Å². The van der Waals surface area contributed by atoms with Crippen molar-refractivity contribution in [2.45, 2.75) is 6.42 Å². The van der Waals surface area contributed by atoms with E-state index < -0.39 is 0 Å². The quantitative estimate of drug-likeness (QED) is 0.704. The zero-order valence-electron chi connectivity index (χ0n) is 8.93. The van der Waals surface area contributed by atoms with Crippen LogP contribution in [-0.4, -0.2) is 0 Å². The summed E-state index contributed by atoms with van der Waals surface area (Å²) in [7, 11) is 0. The molecule has 0 unspecified atom stereocenters. The van der Waals surface area contributed by atoms with Gasteiger partial charge < -0.3 is 0 Å². The van der Waals surface area contributed by atoms with Crippen LogP contribution in [0, 0.1) is 0 Å². The third kappa shape index (κ3) is 1.87. The second-order valence-corrected chi connectivity index (χ2v) is 3.85. The van der Waals surface area contributed by atoms with Crippen molar-refractivity contribution in [1.82, 2.24) is 0 Å². The van der Waals surface area contributed by atoms with Crippen LogP contribution in [0.1, 0.15) is 12.0 Å². The first kappa shape index (κ1) is 11.3. The van der Waals surface area contributed by atoms with Crippen LogP contribution in [0.2, 0.25) is 0 Å². The van der Waals surface area contributed by atoms with Crippen LogP contribution in [0.5, 0.6) is 0 Å². The third-order valence-corrected chi connectivity index (χ3v) is 2.91. The van der Waals surface area contributed by atoms with Crippen molar-refractivity contribution >= 4 is 16.3 Å². The monoisotopic (exact) mass is 243 g/mol. The van der Waals surface area contributed by atoms with Crippen LogP contribution in [0.25, 0.3) is 16.3 Å². The van der Waals surface area contributed by atoms with E-state index in [4.69, 9.17) is 0 Å². The fourth-order valence-corrected chi connectivity index (χ4v) is 2.15. The van der Waals surface area contributed by atoms with Gasteiger partial charge in [0.2, 0.25) is 0 Å². The molecule has 0 saturated carbocycles. The van der Waals surface area contributed by atoms with Crippen molar-refractivity contribution in [3.8, 4) is 0 Å². The molecule has 16 heavy (non-hydrogen) atoms. The average Bonchev–Trinajstić information content (AvgIpc) is 2.82. The smallest absolute Gasteiger partial charge is 0 e. The van der Waals surface area contributed by atoms with Crippen molar-refractivity contribution in [2.24, 2.45) is 0 Å². The van der Waals surface area contributed by atoms with Crippen molar-refractivity contribution in [2.75, 3.05) is 0 Å². The maximum atomic E-state index is 2.21. The number of fused-ring (bicyclic) bond motifs is 1. The van der Waals surface area contributed by atoms with E-state index in [-0.39, 0.29) is 18.6 Å². The summed E-state index contributed by atoms with van der Waals surface area (Å²) in [5.41, 5.74) is 2.80. The number of rotatable bonds is 1. The minimum Gasteiger partial charge on any atom is -0.0801 e. The van der Waals surface area contributed by atoms with Gasteiger partial charge in [0.1, 0.15) is 0 Å². The molecule has 0 nitrogen and oxygen atoms in total. The van der Waals surface area contributed by atoms with Gasteiger partial charge in [-0.3, -0.25) is 0 Å². The molecule has 2 aromatic carbocycles. The Bertz CT molecular complexity index is 559. The van der Waals surface area contributed by atoms with Crippen molar-refractivity contribution < 1.29 is 18.6 Å². The van der Waals surface area contributed by atoms with Gasteiger partial charge in [-0.15, -0.1) is 0 Å². The van der Waals surface area contributed by atoms with Crippen LogP contribution in [0.4, 0.5) is 0 Å². The molecule has 0 heterocycles. The van der Waals surface area contributed by atoms with Gasteiger partial charge in [-0.05, 0) is 28.3 Å². The zero-order chi connectivity index (χ0) is 10.1. The molecule has 1 heteroatoms. The van der Waals surface area contributed by atoms with Crippen molar-refractivity contribution in [3.63, 3.8) is 0 Å². The van der Waals surface area contributed by atoms with E-state index in [1.807, 2.05) is 0 Å². The van der Waals surface area contributed by atoms with Gasteiger partial charge >= 0.3 is 0 Å². The van der Waals surface area contributed by atoms with Gasteiger partial charge in [-0.25, -0.2) is 0 Å². The summed E-state index contributed by atoms with van der Waals surface area (Å²) in [6.07, 6.45) is 7.62. The molecule has 0 N–H and O–H groups in total. The molecule has 1 radical (unpaired) electrons. The Morgan fingerprint density at radius 3 is 2.50 bits per heavy atom. The van der Waals surface area contributed by atoms with Crippen LogP contribution < -0.4 is 0 Å². The predicted molar refractivity (Wildman–Crippen MR) is 65.7 cm³/mol. The van der Waals surface area contributed by atoms with E-state index in [0.717, 1.165) is 6.42 Å². The minimum atomic E-state index is 0. The first-order valence-electron chi connectivity index (χ1n) is 5.29. The molecule has 0 amide bonds. The van der Waals surface area contributed by atoms with Crippen molar-refractivity contribution in [1.29, 1.82) is 0 Å². The van der Waals surface area contributed by atoms with E-state index >= 15 is 0 Å². The van der Waals surface area contributed by atoms with Crippen LogP contribution >= 0.6 is 0 Å². The number of hydrogen-bond acceptors (Lipinski definition) is 0. The molecular formula is C15H12V. The number of allylic oxidation sites excluding steroid dienone is 4. The van der Waals surface area contributed by atoms with Crippen LogP contribution in [0.15, 0.2) is 60.7 Å². The minimum absolute atomic E-state index is 0. The molecule has 0 spiro atoms. The topological polar surface area (TPSA) is 0 Å². The Kier molecular flexibility index (Phi) is 3.33. The van der Waals surface area contributed by atoms with E-state index in [1.54, 1.807) is 0 Å². The van der Waals surface area contributed by atoms with Crippen LogP contribution in [-0.2, 0) is 18.6 Å². The molecule has 0 aromatic heterocycles. The summed E-state index contributed by atoms with van der Waals surface area (Å²) in [5.74, 6) is 0. The second-order valence-electron chi connectivity index (χ2n) is 3.85. The molecule has 0 aliphatic heterocycles. The van der Waals surface area contributed by atoms with Crippen LogP contribution in [0.3, 0.4) is 0 Å². The standard InChI is InChI=1S/C15H12.V/c1-2-7-12(6-1)15-11-5-9-13-8-3-4-10-14(13)15;/h1-6,8-11H,7H2;. The normalized spacial score (nSPS) is 13.6. The van der Waals surface area contributed by atoms with E-state index in [2.05, 4.69) is 60.7 Å². The molecule has 1 aliphatic carbocycles. The Morgan fingerprint density at radius 2 is 1.69 bits per heavy atom. The fourth-order valence-electron chi connectivity index (χ4n) is 2.15. The zero-order valence-corrected chi connectivity index (χ0v) is 10.3. The van der Waals surface area contributed by atoms with Gasteiger partial charge in [0.15, 0.2) is 0 Å². The summed E-state index contributed by atoms with van der Waals surface area (Å²) in [4.78, 5) is 0. The molecule has 0 atom stereocenters. The molecule has 3 rings (SSSR count). The summed E-state index contributed by atoms with van der Waals surface area (Å²) in [6.45, 7) is 0. The SMILES string of the molecule is C1=CCC(c2cccc3ccccc23)=C1.[V]. The Hall–Kier alpha value is -1.24. The largest absolute Gasteiger partial charge is 0.0801 e. The second kappa shape index (κ2) is 4.73. The van der Waals surface area contributed by atoms with Gasteiger partial charge in [-0.2, -0.15) is 0 Å². The Labute approximate surface area is 108 Å². The summed E-state index contributed by atoms with van der Waals surface area (Å²) in [6, 6.07) is 15.1. The Balaban J connectivity index is 0.000000963. The predicted octanol–water partition coefficient (Wildman–Crippen LogP) is 4.18. The summed E-state index contributed by atoms with van der Waals surface area (Å²) < 4.78 is 0. The first-order chi connectivity index (χ1) is 7.45. The maximum absolute atomic E-state index is 2.21. The molecule has 1 aliphatic rings. The summed E-state index contributed by atoms with van der Waals surface area (Å²) in [5, 5.41) is 2.68. The number of benzene rings is 2. The molecule has 0 saturated heterocycles. The Morgan fingerprint density at radius 1 is 0.875 bits per heavy atom. The molecule has 0 fully saturated rings. The molecular weight excluding hydrogens is 231 g/mol. The van der Waals surface area contributed by atoms with E-state index in [9.17, 15) is 0 Å². The third-order valence-electron chi connectivity index (χ3n) is 2.91. The molecule has 77 valence electrons. The van der Waals surface area contributed by atoms with Gasteiger partial charge in [-0.1, -0.05) is 60.7 Å². The molecule has 2 aromatic rings. The van der Waals surface area contributed by atoms with Crippen molar-refractivity contribution in [3.05, 3.63) is 66.3 Å². The number of hydrogen-bond donors (Lipinski definition) is 0. The molecule has 0 bridgehead atoms. The fraction of sp³-hybridized carbons (Fsp3) is 0.0667. The first-order valence-corrected chi connectivity index (χ1v) is 5.29. The maximum Gasteiger partial charge on any atom is 0 e. The van der Waals surface area contributed by atoms with Gasteiger partial charge in [0, 0.05) is 18.6 Å².